The summed E-state index contributed by atoms with van der Waals surface area (Å²) in [6, 6.07) is 1.83. The zero-order valence-corrected chi connectivity index (χ0v) is 10.9. The van der Waals surface area contributed by atoms with Crippen LogP contribution in [0.4, 0.5) is 0 Å². The normalized spacial score (nSPS) is 10.6. The third-order valence-corrected chi connectivity index (χ3v) is 2.63. The molecular formula is C12H22N4O. The molecule has 1 aromatic rings. The van der Waals surface area contributed by atoms with Gasteiger partial charge in [-0.25, -0.2) is 0 Å². The summed E-state index contributed by atoms with van der Waals surface area (Å²) in [7, 11) is 1.80. The fourth-order valence-electron chi connectivity index (χ4n) is 1.84. The van der Waals surface area contributed by atoms with Crippen molar-refractivity contribution in [2.24, 2.45) is 12.8 Å². The third-order valence-electron chi connectivity index (χ3n) is 2.63. The van der Waals surface area contributed by atoms with E-state index in [1.807, 2.05) is 17.9 Å². The molecule has 0 saturated carbocycles. The monoisotopic (exact) mass is 238 g/mol. The molecular weight excluding hydrogens is 216 g/mol. The van der Waals surface area contributed by atoms with Crippen LogP contribution in [0.25, 0.3) is 0 Å². The number of nitrogens with two attached hydrogens (primary N) is 1. The molecule has 1 rings (SSSR count). The van der Waals surface area contributed by atoms with Gasteiger partial charge in [-0.2, -0.15) is 5.10 Å². The summed E-state index contributed by atoms with van der Waals surface area (Å²) in [6.45, 7) is 6.05. The lowest BCUT2D eigenvalue weighted by Gasteiger charge is -2.21. The molecule has 5 nitrogen and oxygen atoms in total. The molecule has 0 aliphatic rings. The van der Waals surface area contributed by atoms with Crippen LogP contribution in [0, 0.1) is 6.92 Å². The summed E-state index contributed by atoms with van der Waals surface area (Å²) < 4.78 is 1.64. The second-order valence-corrected chi connectivity index (χ2v) is 4.23. The Kier molecular flexibility index (Phi) is 5.15. The molecule has 0 saturated heterocycles. The molecule has 1 heterocycles. The molecule has 0 fully saturated rings. The molecule has 0 atom stereocenters. The van der Waals surface area contributed by atoms with E-state index in [9.17, 15) is 4.79 Å². The average Bonchev–Trinajstić information content (AvgIpc) is 2.63. The Bertz CT molecular complexity index is 373. The molecule has 5 heteroatoms. The van der Waals surface area contributed by atoms with Crippen LogP contribution in [0.2, 0.25) is 0 Å². The molecule has 17 heavy (non-hydrogen) atoms. The second-order valence-electron chi connectivity index (χ2n) is 4.23. The Labute approximate surface area is 103 Å². The van der Waals surface area contributed by atoms with Crippen LogP contribution in [0.1, 0.15) is 35.9 Å². The van der Waals surface area contributed by atoms with Crippen molar-refractivity contribution in [3.05, 3.63) is 17.5 Å². The number of hydrogen-bond donors (Lipinski definition) is 1. The standard InChI is InChI=1S/C12H22N4O/c1-4-7-16(8-5-6-13)12(17)11-9-10(2)14-15(11)3/h9H,4-8,13H2,1-3H3. The van der Waals surface area contributed by atoms with E-state index < -0.39 is 0 Å². The van der Waals surface area contributed by atoms with Gasteiger partial charge in [0.15, 0.2) is 0 Å². The number of hydrogen-bond acceptors (Lipinski definition) is 3. The van der Waals surface area contributed by atoms with E-state index in [0.29, 0.717) is 18.8 Å². The maximum atomic E-state index is 12.3. The Morgan fingerprint density at radius 2 is 2.24 bits per heavy atom. The Morgan fingerprint density at radius 3 is 2.71 bits per heavy atom. The maximum absolute atomic E-state index is 12.3. The van der Waals surface area contributed by atoms with E-state index in [0.717, 1.165) is 25.1 Å². The number of carbonyl (C=O) groups excluding carboxylic acids is 1. The number of nitrogens with zero attached hydrogens (tertiary/aromatic N) is 3. The van der Waals surface area contributed by atoms with Gasteiger partial charge < -0.3 is 10.6 Å². The van der Waals surface area contributed by atoms with Gasteiger partial charge in [-0.1, -0.05) is 6.92 Å². The zero-order chi connectivity index (χ0) is 12.8. The van der Waals surface area contributed by atoms with E-state index >= 15 is 0 Å². The number of rotatable bonds is 6. The minimum atomic E-state index is 0.0448. The number of carbonyl (C=O) groups is 1. The van der Waals surface area contributed by atoms with Gasteiger partial charge in [-0.3, -0.25) is 9.48 Å². The van der Waals surface area contributed by atoms with Crippen molar-refractivity contribution < 1.29 is 4.79 Å². The highest BCUT2D eigenvalue weighted by atomic mass is 16.2. The summed E-state index contributed by atoms with van der Waals surface area (Å²) in [5, 5.41) is 4.20. The molecule has 1 aromatic heterocycles. The van der Waals surface area contributed by atoms with Gasteiger partial charge >= 0.3 is 0 Å². The highest BCUT2D eigenvalue weighted by Gasteiger charge is 2.18. The van der Waals surface area contributed by atoms with Crippen molar-refractivity contribution in [1.29, 1.82) is 0 Å². The SMILES string of the molecule is CCCN(CCCN)C(=O)c1cc(C)nn1C. The summed E-state index contributed by atoms with van der Waals surface area (Å²) >= 11 is 0. The Morgan fingerprint density at radius 1 is 1.53 bits per heavy atom. The van der Waals surface area contributed by atoms with Crippen molar-refractivity contribution in [3.8, 4) is 0 Å². The Hall–Kier alpha value is -1.36. The van der Waals surface area contributed by atoms with E-state index in [1.54, 1.807) is 11.7 Å². The zero-order valence-electron chi connectivity index (χ0n) is 10.9. The van der Waals surface area contributed by atoms with Crippen LogP contribution < -0.4 is 5.73 Å². The number of aryl methyl sites for hydroxylation is 2. The summed E-state index contributed by atoms with van der Waals surface area (Å²) in [6.07, 6.45) is 1.79. The van der Waals surface area contributed by atoms with Crippen molar-refractivity contribution >= 4 is 5.91 Å². The minimum Gasteiger partial charge on any atom is -0.337 e. The van der Waals surface area contributed by atoms with Crippen molar-refractivity contribution in [1.82, 2.24) is 14.7 Å². The largest absolute Gasteiger partial charge is 0.337 e. The lowest BCUT2D eigenvalue weighted by atomic mass is 10.2. The number of aromatic nitrogens is 2. The average molecular weight is 238 g/mol. The topological polar surface area (TPSA) is 64.2 Å². The lowest BCUT2D eigenvalue weighted by molar-refractivity contribution is 0.0743. The van der Waals surface area contributed by atoms with Gasteiger partial charge in [-0.05, 0) is 32.4 Å². The molecule has 96 valence electrons. The highest BCUT2D eigenvalue weighted by Crippen LogP contribution is 2.07. The van der Waals surface area contributed by atoms with E-state index in [1.165, 1.54) is 0 Å². The predicted molar refractivity (Wildman–Crippen MR) is 67.8 cm³/mol. The molecule has 0 aliphatic carbocycles. The van der Waals surface area contributed by atoms with Crippen LogP contribution in [-0.2, 0) is 7.05 Å². The summed E-state index contributed by atoms with van der Waals surface area (Å²) in [5.41, 5.74) is 7.00. The molecule has 0 unspecified atom stereocenters. The number of amides is 1. The molecule has 2 N–H and O–H groups in total. The smallest absolute Gasteiger partial charge is 0.272 e. The van der Waals surface area contributed by atoms with Gasteiger partial charge in [0.25, 0.3) is 5.91 Å². The van der Waals surface area contributed by atoms with Gasteiger partial charge in [0.1, 0.15) is 5.69 Å². The fraction of sp³-hybridized carbons (Fsp3) is 0.667. The van der Waals surface area contributed by atoms with Crippen LogP contribution in [0.5, 0.6) is 0 Å². The van der Waals surface area contributed by atoms with Crippen LogP contribution >= 0.6 is 0 Å². The predicted octanol–water partition coefficient (Wildman–Crippen LogP) is 0.930. The first kappa shape index (κ1) is 13.7. The van der Waals surface area contributed by atoms with Crippen molar-refractivity contribution in [2.45, 2.75) is 26.7 Å². The third kappa shape index (κ3) is 3.56. The summed E-state index contributed by atoms with van der Waals surface area (Å²) in [4.78, 5) is 14.1. The quantitative estimate of drug-likeness (QED) is 0.802. The van der Waals surface area contributed by atoms with Crippen LogP contribution in [0.15, 0.2) is 6.07 Å². The molecule has 0 bridgehead atoms. The van der Waals surface area contributed by atoms with E-state index in [-0.39, 0.29) is 5.91 Å². The van der Waals surface area contributed by atoms with Gasteiger partial charge in [0.05, 0.1) is 5.69 Å². The van der Waals surface area contributed by atoms with Gasteiger partial charge in [-0.15, -0.1) is 0 Å². The van der Waals surface area contributed by atoms with E-state index in [4.69, 9.17) is 5.73 Å². The minimum absolute atomic E-state index is 0.0448. The van der Waals surface area contributed by atoms with E-state index in [2.05, 4.69) is 12.0 Å². The second kappa shape index (κ2) is 6.39. The lowest BCUT2D eigenvalue weighted by Crippen LogP contribution is -2.34. The molecule has 1 amide bonds. The maximum Gasteiger partial charge on any atom is 0.272 e. The van der Waals surface area contributed by atoms with Gasteiger partial charge in [0, 0.05) is 20.1 Å². The molecule has 0 aliphatic heterocycles. The Balaban J connectivity index is 2.79. The van der Waals surface area contributed by atoms with Crippen molar-refractivity contribution in [3.63, 3.8) is 0 Å². The first-order valence-electron chi connectivity index (χ1n) is 6.10. The molecule has 0 radical (unpaired) electrons. The molecule has 0 spiro atoms. The van der Waals surface area contributed by atoms with Crippen molar-refractivity contribution in [2.75, 3.05) is 19.6 Å². The molecule has 0 aromatic carbocycles. The van der Waals surface area contributed by atoms with Gasteiger partial charge in [0.2, 0.25) is 0 Å². The first-order chi connectivity index (χ1) is 8.10. The van der Waals surface area contributed by atoms with Crippen LogP contribution in [0.3, 0.4) is 0 Å². The first-order valence-corrected chi connectivity index (χ1v) is 6.10. The summed E-state index contributed by atoms with van der Waals surface area (Å²) in [5.74, 6) is 0.0448. The fourth-order valence-corrected chi connectivity index (χ4v) is 1.84. The highest BCUT2D eigenvalue weighted by molar-refractivity contribution is 5.92. The van der Waals surface area contributed by atoms with Crippen LogP contribution in [-0.4, -0.2) is 40.2 Å².